The predicted octanol–water partition coefficient (Wildman–Crippen LogP) is 2.43. The van der Waals surface area contributed by atoms with Gasteiger partial charge in [0.05, 0.1) is 25.7 Å². The van der Waals surface area contributed by atoms with Crippen molar-refractivity contribution in [2.75, 3.05) is 19.5 Å². The summed E-state index contributed by atoms with van der Waals surface area (Å²) in [7, 11) is 1.61. The Labute approximate surface area is 134 Å². The molecule has 0 bridgehead atoms. The number of rotatable bonds is 7. The molecule has 118 valence electrons. The van der Waals surface area contributed by atoms with Crippen molar-refractivity contribution in [3.8, 4) is 11.5 Å². The fourth-order valence-electron chi connectivity index (χ4n) is 1.79. The number of ether oxygens (including phenoxy) is 2. The molecular formula is C15H19N3O3S. The number of methoxy groups -OCH3 is 1. The second-order valence-electron chi connectivity index (χ2n) is 4.57. The summed E-state index contributed by atoms with van der Waals surface area (Å²) >= 11 is 1.33. The lowest BCUT2D eigenvalue weighted by atomic mass is 10.2. The van der Waals surface area contributed by atoms with Gasteiger partial charge in [0, 0.05) is 5.56 Å². The smallest absolute Gasteiger partial charge is 0.236 e. The van der Waals surface area contributed by atoms with E-state index in [1.165, 1.54) is 11.8 Å². The molecule has 0 aliphatic carbocycles. The summed E-state index contributed by atoms with van der Waals surface area (Å²) in [5.74, 6) is 1.66. The highest BCUT2D eigenvalue weighted by molar-refractivity contribution is 8.15. The van der Waals surface area contributed by atoms with E-state index in [0.717, 1.165) is 18.4 Å². The van der Waals surface area contributed by atoms with Crippen LogP contribution in [0.25, 0.3) is 0 Å². The number of amides is 1. The number of unbranched alkanes of at least 4 members (excludes halogenated alkanes) is 1. The van der Waals surface area contributed by atoms with Crippen LogP contribution < -0.4 is 14.8 Å². The van der Waals surface area contributed by atoms with Gasteiger partial charge < -0.3 is 14.8 Å². The van der Waals surface area contributed by atoms with Gasteiger partial charge in [0.25, 0.3) is 0 Å². The van der Waals surface area contributed by atoms with Gasteiger partial charge in [-0.1, -0.05) is 31.2 Å². The van der Waals surface area contributed by atoms with Crippen LogP contribution in [0.1, 0.15) is 25.3 Å². The Kier molecular flexibility index (Phi) is 6.27. The molecule has 1 saturated heterocycles. The number of carbonyl (C=O) groups is 1. The average Bonchev–Trinajstić information content (AvgIpc) is 2.94. The Hall–Kier alpha value is -2.02. The molecule has 0 unspecified atom stereocenters. The summed E-state index contributed by atoms with van der Waals surface area (Å²) in [5, 5.41) is 11.1. The Balaban J connectivity index is 2.13. The van der Waals surface area contributed by atoms with E-state index < -0.39 is 0 Å². The number of amidine groups is 1. The highest BCUT2D eigenvalue weighted by Gasteiger charge is 2.16. The number of nitrogens with zero attached hydrogens (tertiary/aromatic N) is 2. The molecule has 1 aliphatic rings. The average molecular weight is 321 g/mol. The van der Waals surface area contributed by atoms with Crippen molar-refractivity contribution in [2.24, 2.45) is 10.2 Å². The zero-order valence-corrected chi connectivity index (χ0v) is 13.5. The topological polar surface area (TPSA) is 72.3 Å². The third-order valence-electron chi connectivity index (χ3n) is 2.91. The van der Waals surface area contributed by atoms with E-state index in [9.17, 15) is 4.79 Å². The SMILES string of the molecule is CCCCOc1c(C=NN=C2NC(=O)CS2)cccc1OC. The molecule has 0 radical (unpaired) electrons. The van der Waals surface area contributed by atoms with E-state index in [0.29, 0.717) is 29.0 Å². The number of hydrogen-bond acceptors (Lipinski definition) is 6. The molecule has 2 rings (SSSR count). The van der Waals surface area contributed by atoms with Crippen LogP contribution in [-0.4, -0.2) is 36.8 Å². The zero-order chi connectivity index (χ0) is 15.8. The Bertz CT molecular complexity index is 587. The molecule has 1 aliphatic heterocycles. The van der Waals surface area contributed by atoms with Gasteiger partial charge in [-0.25, -0.2) is 0 Å². The van der Waals surface area contributed by atoms with Crippen molar-refractivity contribution in [1.29, 1.82) is 0 Å². The van der Waals surface area contributed by atoms with E-state index in [1.54, 1.807) is 13.3 Å². The molecule has 0 aromatic heterocycles. The first kappa shape index (κ1) is 16.4. The number of hydrogen-bond donors (Lipinski definition) is 1. The van der Waals surface area contributed by atoms with Gasteiger partial charge in [-0.05, 0) is 18.6 Å². The summed E-state index contributed by atoms with van der Waals surface area (Å²) < 4.78 is 11.1. The van der Waals surface area contributed by atoms with E-state index >= 15 is 0 Å². The van der Waals surface area contributed by atoms with Crippen LogP contribution in [0.15, 0.2) is 28.4 Å². The summed E-state index contributed by atoms with van der Waals surface area (Å²) in [6.07, 6.45) is 3.63. The lowest BCUT2D eigenvalue weighted by Gasteiger charge is -2.12. The lowest BCUT2D eigenvalue weighted by Crippen LogP contribution is -2.19. The maximum absolute atomic E-state index is 11.1. The second-order valence-corrected chi connectivity index (χ2v) is 5.53. The molecule has 1 fully saturated rings. The number of carbonyl (C=O) groups excluding carboxylic acids is 1. The van der Waals surface area contributed by atoms with Crippen molar-refractivity contribution in [3.05, 3.63) is 23.8 Å². The van der Waals surface area contributed by atoms with Crippen molar-refractivity contribution >= 4 is 29.1 Å². The summed E-state index contributed by atoms with van der Waals surface area (Å²) in [5.41, 5.74) is 0.786. The fraction of sp³-hybridized carbons (Fsp3) is 0.400. The predicted molar refractivity (Wildman–Crippen MR) is 89.0 cm³/mol. The summed E-state index contributed by atoms with van der Waals surface area (Å²) in [4.78, 5) is 11.1. The molecule has 0 atom stereocenters. The molecule has 0 saturated carbocycles. The number of nitrogens with one attached hydrogen (secondary N) is 1. The van der Waals surface area contributed by atoms with E-state index in [-0.39, 0.29) is 5.91 Å². The number of benzene rings is 1. The minimum atomic E-state index is -0.0519. The molecule has 1 aromatic rings. The normalized spacial score (nSPS) is 16.3. The van der Waals surface area contributed by atoms with Crippen LogP contribution in [0.5, 0.6) is 11.5 Å². The molecule has 1 amide bonds. The second kappa shape index (κ2) is 8.43. The first-order valence-corrected chi connectivity index (χ1v) is 8.06. The van der Waals surface area contributed by atoms with Gasteiger partial charge in [0.2, 0.25) is 5.91 Å². The lowest BCUT2D eigenvalue weighted by molar-refractivity contribution is -0.116. The Morgan fingerprint density at radius 1 is 1.45 bits per heavy atom. The Morgan fingerprint density at radius 3 is 3.00 bits per heavy atom. The third-order valence-corrected chi connectivity index (χ3v) is 3.77. The van der Waals surface area contributed by atoms with Crippen LogP contribution in [0.4, 0.5) is 0 Å². The van der Waals surface area contributed by atoms with Gasteiger partial charge in [-0.3, -0.25) is 4.79 Å². The van der Waals surface area contributed by atoms with E-state index in [4.69, 9.17) is 9.47 Å². The number of para-hydroxylation sites is 1. The minimum Gasteiger partial charge on any atom is -0.493 e. The highest BCUT2D eigenvalue weighted by Crippen LogP contribution is 2.30. The van der Waals surface area contributed by atoms with E-state index in [2.05, 4.69) is 22.4 Å². The summed E-state index contributed by atoms with van der Waals surface area (Å²) in [6.45, 7) is 2.73. The largest absolute Gasteiger partial charge is 0.493 e. The van der Waals surface area contributed by atoms with Crippen molar-refractivity contribution in [1.82, 2.24) is 5.32 Å². The van der Waals surface area contributed by atoms with Crippen LogP contribution in [0, 0.1) is 0 Å². The molecule has 22 heavy (non-hydrogen) atoms. The minimum absolute atomic E-state index is 0.0519. The Morgan fingerprint density at radius 2 is 2.32 bits per heavy atom. The standard InChI is InChI=1S/C15H19N3O3S/c1-3-4-8-21-14-11(6-5-7-12(14)20-2)9-16-18-15-17-13(19)10-22-15/h5-7,9H,3-4,8,10H2,1-2H3,(H,17,18,19). The summed E-state index contributed by atoms with van der Waals surface area (Å²) in [6, 6.07) is 5.59. The first-order valence-electron chi connectivity index (χ1n) is 7.08. The molecule has 1 aromatic carbocycles. The third kappa shape index (κ3) is 4.49. The maximum Gasteiger partial charge on any atom is 0.236 e. The van der Waals surface area contributed by atoms with Gasteiger partial charge in [0.15, 0.2) is 16.7 Å². The molecule has 1 heterocycles. The van der Waals surface area contributed by atoms with Crippen molar-refractivity contribution < 1.29 is 14.3 Å². The maximum atomic E-state index is 11.1. The number of thioether (sulfide) groups is 1. The molecule has 0 spiro atoms. The fourth-order valence-corrected chi connectivity index (χ4v) is 2.42. The monoisotopic (exact) mass is 321 g/mol. The highest BCUT2D eigenvalue weighted by atomic mass is 32.2. The quantitative estimate of drug-likeness (QED) is 0.475. The van der Waals surface area contributed by atoms with Crippen LogP contribution in [0.3, 0.4) is 0 Å². The molecule has 6 nitrogen and oxygen atoms in total. The van der Waals surface area contributed by atoms with Gasteiger partial charge >= 0.3 is 0 Å². The molecular weight excluding hydrogens is 302 g/mol. The van der Waals surface area contributed by atoms with Gasteiger partial charge in [-0.15, -0.1) is 5.10 Å². The van der Waals surface area contributed by atoms with Crippen LogP contribution in [-0.2, 0) is 4.79 Å². The zero-order valence-electron chi connectivity index (χ0n) is 12.7. The van der Waals surface area contributed by atoms with Crippen LogP contribution in [0.2, 0.25) is 0 Å². The van der Waals surface area contributed by atoms with E-state index in [1.807, 2.05) is 18.2 Å². The van der Waals surface area contributed by atoms with Gasteiger partial charge in [0.1, 0.15) is 0 Å². The molecule has 1 N–H and O–H groups in total. The van der Waals surface area contributed by atoms with Crippen molar-refractivity contribution in [3.63, 3.8) is 0 Å². The van der Waals surface area contributed by atoms with Gasteiger partial charge in [-0.2, -0.15) is 5.10 Å². The first-order chi connectivity index (χ1) is 10.7. The molecule has 7 heteroatoms. The van der Waals surface area contributed by atoms with Crippen molar-refractivity contribution in [2.45, 2.75) is 19.8 Å². The van der Waals surface area contributed by atoms with Crippen LogP contribution >= 0.6 is 11.8 Å².